The average Bonchev–Trinajstić information content (AvgIpc) is 2.60. The van der Waals surface area contributed by atoms with E-state index in [4.69, 9.17) is 0 Å². The number of carbonyl (C=O) groups is 1. The minimum Gasteiger partial charge on any atom is -0.395 e. The quantitative estimate of drug-likeness (QED) is 0.743. The average molecular weight is 405 g/mol. The van der Waals surface area contributed by atoms with Crippen molar-refractivity contribution in [1.29, 1.82) is 0 Å². The van der Waals surface area contributed by atoms with Crippen LogP contribution in [0.2, 0.25) is 0 Å². The minimum atomic E-state index is -3.76. The van der Waals surface area contributed by atoms with Crippen LogP contribution in [0, 0.1) is 6.92 Å². The van der Waals surface area contributed by atoms with Gasteiger partial charge in [0.1, 0.15) is 0 Å². The maximum Gasteiger partial charge on any atom is 0.254 e. The second-order valence-corrected chi connectivity index (χ2v) is 9.45. The topological polar surface area (TPSA) is 86.7 Å². The first-order valence-electron chi connectivity index (χ1n) is 9.12. The summed E-state index contributed by atoms with van der Waals surface area (Å²) in [5.74, 6) is -0.316. The van der Waals surface area contributed by atoms with Gasteiger partial charge in [-0.25, -0.2) is 13.1 Å². The predicted molar refractivity (Wildman–Crippen MR) is 110 cm³/mol. The zero-order valence-electron chi connectivity index (χ0n) is 16.8. The van der Waals surface area contributed by atoms with E-state index in [2.05, 4.69) is 4.72 Å². The first-order chi connectivity index (χ1) is 13.0. The molecule has 2 aromatic rings. The largest absolute Gasteiger partial charge is 0.395 e. The summed E-state index contributed by atoms with van der Waals surface area (Å²) in [7, 11) is -3.76. The molecule has 2 rings (SSSR count). The zero-order valence-corrected chi connectivity index (χ0v) is 17.6. The molecule has 0 saturated carbocycles. The molecule has 0 fully saturated rings. The van der Waals surface area contributed by atoms with E-state index in [1.165, 1.54) is 17.0 Å². The molecule has 28 heavy (non-hydrogen) atoms. The molecule has 6 nitrogen and oxygen atoms in total. The Morgan fingerprint density at radius 2 is 1.75 bits per heavy atom. The highest BCUT2D eigenvalue weighted by Crippen LogP contribution is 2.20. The molecule has 152 valence electrons. The van der Waals surface area contributed by atoms with Crippen LogP contribution in [0.5, 0.6) is 0 Å². The van der Waals surface area contributed by atoms with Crippen LogP contribution in [0.3, 0.4) is 0 Å². The number of nitrogens with one attached hydrogen (secondary N) is 1. The van der Waals surface area contributed by atoms with Gasteiger partial charge in [-0.3, -0.25) is 4.79 Å². The zero-order chi connectivity index (χ0) is 20.9. The van der Waals surface area contributed by atoms with Crippen molar-refractivity contribution in [2.45, 2.75) is 44.7 Å². The Labute approximate surface area is 167 Å². The number of nitrogens with zero attached hydrogens (tertiary/aromatic N) is 1. The summed E-state index contributed by atoms with van der Waals surface area (Å²) in [6.45, 7) is 7.35. The standard InChI is InChI=1S/C21H28N2O4S/c1-16-10-11-18(28(26,27)22-21(2,3)4)14-19(16)20(25)23(12-13-24)15-17-8-6-5-7-9-17/h5-11,14,22,24H,12-13,15H2,1-4H3. The van der Waals surface area contributed by atoms with Crippen LogP contribution < -0.4 is 4.72 Å². The van der Waals surface area contributed by atoms with Gasteiger partial charge < -0.3 is 10.0 Å². The number of benzene rings is 2. The van der Waals surface area contributed by atoms with Gasteiger partial charge in [0, 0.05) is 24.2 Å². The number of amides is 1. The Hall–Kier alpha value is -2.22. The number of carbonyl (C=O) groups excluding carboxylic acids is 1. The van der Waals surface area contributed by atoms with E-state index in [0.29, 0.717) is 17.7 Å². The third-order valence-corrected chi connectivity index (χ3v) is 5.82. The first-order valence-corrected chi connectivity index (χ1v) is 10.6. The number of hydrogen-bond donors (Lipinski definition) is 2. The molecular weight excluding hydrogens is 376 g/mol. The highest BCUT2D eigenvalue weighted by atomic mass is 32.2. The molecule has 0 aliphatic heterocycles. The third kappa shape index (κ3) is 5.89. The molecule has 0 aliphatic rings. The van der Waals surface area contributed by atoms with Crippen LogP contribution in [-0.4, -0.2) is 43.0 Å². The molecule has 0 spiro atoms. The van der Waals surface area contributed by atoms with E-state index in [-0.39, 0.29) is 24.0 Å². The summed E-state index contributed by atoms with van der Waals surface area (Å²) in [5.41, 5.74) is 1.28. The number of aliphatic hydroxyl groups is 1. The highest BCUT2D eigenvalue weighted by molar-refractivity contribution is 7.89. The van der Waals surface area contributed by atoms with Gasteiger partial charge in [-0.2, -0.15) is 0 Å². The van der Waals surface area contributed by atoms with Gasteiger partial charge >= 0.3 is 0 Å². The number of aliphatic hydroxyl groups excluding tert-OH is 1. The lowest BCUT2D eigenvalue weighted by atomic mass is 10.1. The minimum absolute atomic E-state index is 0.0417. The first kappa shape index (κ1) is 22.1. The number of aryl methyl sites for hydroxylation is 1. The summed E-state index contributed by atoms with van der Waals surface area (Å²) in [6, 6.07) is 14.0. The van der Waals surface area contributed by atoms with Crippen molar-refractivity contribution in [1.82, 2.24) is 9.62 Å². The Balaban J connectivity index is 2.37. The van der Waals surface area contributed by atoms with Crippen molar-refractivity contribution >= 4 is 15.9 Å². The molecular formula is C21H28N2O4S. The van der Waals surface area contributed by atoms with Crippen molar-refractivity contribution in [3.05, 3.63) is 65.2 Å². The Morgan fingerprint density at radius 3 is 2.32 bits per heavy atom. The molecule has 0 aliphatic carbocycles. The second-order valence-electron chi connectivity index (χ2n) is 7.77. The molecule has 0 aromatic heterocycles. The van der Waals surface area contributed by atoms with Gasteiger partial charge in [0.15, 0.2) is 0 Å². The lowest BCUT2D eigenvalue weighted by molar-refractivity contribution is 0.0707. The van der Waals surface area contributed by atoms with Gasteiger partial charge in [0.25, 0.3) is 5.91 Å². The summed E-state index contributed by atoms with van der Waals surface area (Å²) in [6.07, 6.45) is 0. The van der Waals surface area contributed by atoms with Crippen LogP contribution in [0.1, 0.15) is 42.3 Å². The van der Waals surface area contributed by atoms with Crippen LogP contribution in [0.4, 0.5) is 0 Å². The molecule has 0 atom stereocenters. The van der Waals surface area contributed by atoms with Crippen molar-refractivity contribution in [2.75, 3.05) is 13.2 Å². The molecule has 0 bridgehead atoms. The van der Waals surface area contributed by atoms with Crippen molar-refractivity contribution < 1.29 is 18.3 Å². The summed E-state index contributed by atoms with van der Waals surface area (Å²) in [4.78, 5) is 14.7. The fraction of sp³-hybridized carbons (Fsp3) is 0.381. The predicted octanol–water partition coefficient (Wildman–Crippen LogP) is 2.71. The summed E-state index contributed by atoms with van der Waals surface area (Å²) < 4.78 is 27.9. The smallest absolute Gasteiger partial charge is 0.254 e. The maximum atomic E-state index is 13.1. The van der Waals surface area contributed by atoms with E-state index in [0.717, 1.165) is 5.56 Å². The number of hydrogen-bond acceptors (Lipinski definition) is 4. The lowest BCUT2D eigenvalue weighted by Gasteiger charge is -2.24. The van der Waals surface area contributed by atoms with Crippen LogP contribution in [0.25, 0.3) is 0 Å². The number of sulfonamides is 1. The maximum absolute atomic E-state index is 13.1. The van der Waals surface area contributed by atoms with Crippen molar-refractivity contribution in [2.24, 2.45) is 0 Å². The summed E-state index contributed by atoms with van der Waals surface area (Å²) >= 11 is 0. The van der Waals surface area contributed by atoms with E-state index < -0.39 is 15.6 Å². The fourth-order valence-electron chi connectivity index (χ4n) is 2.81. The molecule has 2 N–H and O–H groups in total. The van der Waals surface area contributed by atoms with E-state index in [9.17, 15) is 18.3 Å². The molecule has 0 saturated heterocycles. The van der Waals surface area contributed by atoms with Gasteiger partial charge in [-0.15, -0.1) is 0 Å². The van der Waals surface area contributed by atoms with Crippen molar-refractivity contribution in [3.8, 4) is 0 Å². The third-order valence-electron chi connectivity index (χ3n) is 4.06. The monoisotopic (exact) mass is 404 g/mol. The van der Waals surface area contributed by atoms with Crippen LogP contribution in [0.15, 0.2) is 53.4 Å². The molecule has 7 heteroatoms. The molecule has 2 aromatic carbocycles. The van der Waals surface area contributed by atoms with Gasteiger partial charge in [0.05, 0.1) is 11.5 Å². The van der Waals surface area contributed by atoms with Crippen molar-refractivity contribution in [3.63, 3.8) is 0 Å². The Morgan fingerprint density at radius 1 is 1.11 bits per heavy atom. The SMILES string of the molecule is Cc1ccc(S(=O)(=O)NC(C)(C)C)cc1C(=O)N(CCO)Cc1ccccc1. The second kappa shape index (κ2) is 8.86. The van der Waals surface area contributed by atoms with E-state index in [1.54, 1.807) is 33.8 Å². The molecule has 0 unspecified atom stereocenters. The Kier molecular flexibility index (Phi) is 6.98. The Bertz CT molecular complexity index is 919. The molecule has 0 radical (unpaired) electrons. The molecule has 0 heterocycles. The highest BCUT2D eigenvalue weighted by Gasteiger charge is 2.25. The molecule has 1 amide bonds. The summed E-state index contributed by atoms with van der Waals surface area (Å²) in [5, 5.41) is 9.39. The van der Waals surface area contributed by atoms with E-state index >= 15 is 0 Å². The van der Waals surface area contributed by atoms with Gasteiger partial charge in [0.2, 0.25) is 10.0 Å². The van der Waals surface area contributed by atoms with Gasteiger partial charge in [-0.1, -0.05) is 36.4 Å². The van der Waals surface area contributed by atoms with Crippen LogP contribution in [-0.2, 0) is 16.6 Å². The van der Waals surface area contributed by atoms with Crippen LogP contribution >= 0.6 is 0 Å². The normalized spacial score (nSPS) is 12.0. The lowest BCUT2D eigenvalue weighted by Crippen LogP contribution is -2.40. The van der Waals surface area contributed by atoms with Gasteiger partial charge in [-0.05, 0) is 51.0 Å². The number of rotatable bonds is 7. The van der Waals surface area contributed by atoms with E-state index in [1.807, 2.05) is 30.3 Å². The fourth-order valence-corrected chi connectivity index (χ4v) is 4.25.